The maximum atomic E-state index is 13.4. The highest BCUT2D eigenvalue weighted by Crippen LogP contribution is 2.37. The van der Waals surface area contributed by atoms with Gasteiger partial charge in [-0.3, -0.25) is 0 Å². The number of hydrogen-bond acceptors (Lipinski definition) is 0. The first-order valence-electron chi connectivity index (χ1n) is 4.71. The van der Waals surface area contributed by atoms with Gasteiger partial charge in [0.1, 0.15) is 0 Å². The van der Waals surface area contributed by atoms with Crippen molar-refractivity contribution in [1.82, 2.24) is 0 Å². The predicted molar refractivity (Wildman–Crippen MR) is 50.2 cm³/mol. The van der Waals surface area contributed by atoms with E-state index in [9.17, 15) is 22.0 Å². The van der Waals surface area contributed by atoms with E-state index in [-0.39, 0.29) is 0 Å². The van der Waals surface area contributed by atoms with Crippen LogP contribution in [0.1, 0.15) is 25.0 Å². The summed E-state index contributed by atoms with van der Waals surface area (Å²) >= 11 is 0. The number of benzene rings is 1. The summed E-state index contributed by atoms with van der Waals surface area (Å²) in [6, 6.07) is 2.99. The van der Waals surface area contributed by atoms with Crippen molar-refractivity contribution < 1.29 is 22.0 Å². The molecule has 0 spiro atoms. The van der Waals surface area contributed by atoms with E-state index in [2.05, 4.69) is 0 Å². The Balaban J connectivity index is 3.05. The SMILES string of the molecule is CC(C)C(F)(F)c1ccc(C(F)(F)F)cc1. The summed E-state index contributed by atoms with van der Waals surface area (Å²) in [4.78, 5) is 0. The molecule has 0 aliphatic rings. The number of halogens is 5. The molecule has 0 radical (unpaired) electrons. The minimum atomic E-state index is -4.49. The maximum Gasteiger partial charge on any atom is 0.416 e. The third-order valence-corrected chi connectivity index (χ3v) is 2.32. The van der Waals surface area contributed by atoms with Crippen LogP contribution in [0.3, 0.4) is 0 Å². The van der Waals surface area contributed by atoms with Gasteiger partial charge >= 0.3 is 6.18 Å². The molecule has 1 aromatic rings. The number of hydrogen-bond donors (Lipinski definition) is 0. The summed E-state index contributed by atoms with van der Waals surface area (Å²) in [5.41, 5.74) is -1.31. The Labute approximate surface area is 90.1 Å². The van der Waals surface area contributed by atoms with Crippen LogP contribution in [0.2, 0.25) is 0 Å². The highest BCUT2D eigenvalue weighted by molar-refractivity contribution is 5.27. The molecule has 0 bridgehead atoms. The minimum Gasteiger partial charge on any atom is -0.201 e. The molecule has 90 valence electrons. The van der Waals surface area contributed by atoms with Crippen LogP contribution < -0.4 is 0 Å². The van der Waals surface area contributed by atoms with E-state index in [0.29, 0.717) is 12.1 Å². The van der Waals surface area contributed by atoms with Crippen LogP contribution in [0.5, 0.6) is 0 Å². The zero-order chi connectivity index (χ0) is 12.6. The van der Waals surface area contributed by atoms with Crippen molar-refractivity contribution in [3.63, 3.8) is 0 Å². The smallest absolute Gasteiger partial charge is 0.201 e. The van der Waals surface area contributed by atoms with Crippen LogP contribution in [-0.4, -0.2) is 0 Å². The average Bonchev–Trinajstić information content (AvgIpc) is 2.16. The Hall–Kier alpha value is -1.13. The van der Waals surface area contributed by atoms with Gasteiger partial charge in [-0.05, 0) is 12.1 Å². The standard InChI is InChI=1S/C11H11F5/c1-7(2)10(12,13)8-3-5-9(6-4-8)11(14,15)16/h3-7H,1-2H3. The van der Waals surface area contributed by atoms with Crippen molar-refractivity contribution in [3.05, 3.63) is 35.4 Å². The van der Waals surface area contributed by atoms with Gasteiger partial charge in [0.25, 0.3) is 5.92 Å². The molecule has 0 atom stereocenters. The van der Waals surface area contributed by atoms with Crippen molar-refractivity contribution >= 4 is 0 Å². The van der Waals surface area contributed by atoms with Crippen molar-refractivity contribution in [2.45, 2.75) is 25.9 Å². The van der Waals surface area contributed by atoms with E-state index < -0.39 is 29.1 Å². The minimum absolute atomic E-state index is 0.393. The average molecular weight is 238 g/mol. The summed E-state index contributed by atoms with van der Waals surface area (Å²) in [7, 11) is 0. The lowest BCUT2D eigenvalue weighted by Crippen LogP contribution is -2.21. The summed E-state index contributed by atoms with van der Waals surface area (Å²) in [5, 5.41) is 0. The first-order chi connectivity index (χ1) is 7.15. The number of alkyl halides is 5. The van der Waals surface area contributed by atoms with E-state index in [1.54, 1.807) is 0 Å². The lowest BCUT2D eigenvalue weighted by molar-refractivity contribution is -0.137. The predicted octanol–water partition coefficient (Wildman–Crippen LogP) is 4.45. The molecule has 0 aliphatic heterocycles. The van der Waals surface area contributed by atoms with Crippen molar-refractivity contribution in [2.24, 2.45) is 5.92 Å². The van der Waals surface area contributed by atoms with Gasteiger partial charge in [0.15, 0.2) is 0 Å². The molecule has 0 saturated carbocycles. The molecular weight excluding hydrogens is 227 g/mol. The zero-order valence-electron chi connectivity index (χ0n) is 8.78. The summed E-state index contributed by atoms with van der Waals surface area (Å²) in [6.45, 7) is 2.63. The highest BCUT2D eigenvalue weighted by Gasteiger charge is 2.36. The second-order valence-electron chi connectivity index (χ2n) is 3.85. The Kier molecular flexibility index (Phi) is 3.26. The van der Waals surface area contributed by atoms with Gasteiger partial charge in [-0.15, -0.1) is 0 Å². The first-order valence-corrected chi connectivity index (χ1v) is 4.71. The molecule has 0 amide bonds. The van der Waals surface area contributed by atoms with Crippen LogP contribution in [0.4, 0.5) is 22.0 Å². The molecule has 0 nitrogen and oxygen atoms in total. The molecule has 0 aromatic heterocycles. The molecule has 0 aliphatic carbocycles. The van der Waals surface area contributed by atoms with Crippen molar-refractivity contribution in [1.29, 1.82) is 0 Å². The third-order valence-electron chi connectivity index (χ3n) is 2.32. The topological polar surface area (TPSA) is 0 Å². The molecule has 0 heterocycles. The van der Waals surface area contributed by atoms with E-state index in [0.717, 1.165) is 12.1 Å². The molecule has 16 heavy (non-hydrogen) atoms. The molecule has 5 heteroatoms. The van der Waals surface area contributed by atoms with E-state index in [1.165, 1.54) is 13.8 Å². The Bertz CT molecular complexity index is 348. The van der Waals surface area contributed by atoms with Gasteiger partial charge in [0.2, 0.25) is 0 Å². The zero-order valence-corrected chi connectivity index (χ0v) is 8.78. The van der Waals surface area contributed by atoms with Crippen LogP contribution in [0.25, 0.3) is 0 Å². The Morgan fingerprint density at radius 3 is 1.50 bits per heavy atom. The molecule has 1 aromatic carbocycles. The fraction of sp³-hybridized carbons (Fsp3) is 0.455. The molecule has 0 N–H and O–H groups in total. The van der Waals surface area contributed by atoms with Gasteiger partial charge in [0.05, 0.1) is 5.56 Å². The second-order valence-corrected chi connectivity index (χ2v) is 3.85. The highest BCUT2D eigenvalue weighted by atomic mass is 19.4. The molecule has 0 unspecified atom stereocenters. The van der Waals surface area contributed by atoms with Gasteiger partial charge < -0.3 is 0 Å². The summed E-state index contributed by atoms with van der Waals surface area (Å²) in [6.07, 6.45) is -4.49. The van der Waals surface area contributed by atoms with E-state index >= 15 is 0 Å². The van der Waals surface area contributed by atoms with Crippen molar-refractivity contribution in [2.75, 3.05) is 0 Å². The maximum absolute atomic E-state index is 13.4. The van der Waals surface area contributed by atoms with Gasteiger partial charge in [-0.1, -0.05) is 26.0 Å². The normalized spacial score (nSPS) is 13.2. The largest absolute Gasteiger partial charge is 0.416 e. The summed E-state index contributed by atoms with van der Waals surface area (Å²) in [5.74, 6) is -4.06. The molecule has 0 fully saturated rings. The second kappa shape index (κ2) is 4.03. The number of rotatable bonds is 2. The first kappa shape index (κ1) is 12.9. The lowest BCUT2D eigenvalue weighted by Gasteiger charge is -2.21. The Morgan fingerprint density at radius 1 is 0.812 bits per heavy atom. The molecule has 1 rings (SSSR count). The fourth-order valence-corrected chi connectivity index (χ4v) is 1.21. The van der Waals surface area contributed by atoms with Gasteiger partial charge in [-0.25, -0.2) is 8.78 Å². The summed E-state index contributed by atoms with van der Waals surface area (Å²) < 4.78 is 63.4. The van der Waals surface area contributed by atoms with E-state index in [1.807, 2.05) is 0 Å². The quantitative estimate of drug-likeness (QED) is 0.667. The lowest BCUT2D eigenvalue weighted by atomic mass is 9.97. The van der Waals surface area contributed by atoms with Crippen LogP contribution in [0.15, 0.2) is 24.3 Å². The van der Waals surface area contributed by atoms with Crippen molar-refractivity contribution in [3.8, 4) is 0 Å². The van der Waals surface area contributed by atoms with E-state index in [4.69, 9.17) is 0 Å². The molecular formula is C11H11F5. The Morgan fingerprint density at radius 2 is 1.19 bits per heavy atom. The van der Waals surface area contributed by atoms with Gasteiger partial charge in [0, 0.05) is 11.5 Å². The van der Waals surface area contributed by atoms with Crippen LogP contribution in [0, 0.1) is 5.92 Å². The third kappa shape index (κ3) is 2.51. The molecule has 0 saturated heterocycles. The van der Waals surface area contributed by atoms with Gasteiger partial charge in [-0.2, -0.15) is 13.2 Å². The monoisotopic (exact) mass is 238 g/mol. The van der Waals surface area contributed by atoms with Crippen LogP contribution in [-0.2, 0) is 12.1 Å². The van der Waals surface area contributed by atoms with Crippen LogP contribution >= 0.6 is 0 Å². The fourth-order valence-electron chi connectivity index (χ4n) is 1.21.